The Hall–Kier alpha value is -1.24. The van der Waals surface area contributed by atoms with Gasteiger partial charge in [0, 0.05) is 18.3 Å². The Morgan fingerprint density at radius 3 is 2.62 bits per heavy atom. The van der Waals surface area contributed by atoms with Crippen LogP contribution in [0.4, 0.5) is 13.2 Å². The minimum Gasteiger partial charge on any atom is -0.329 e. The molecule has 0 fully saturated rings. The van der Waals surface area contributed by atoms with Crippen LogP contribution in [0.5, 0.6) is 0 Å². The zero-order valence-electron chi connectivity index (χ0n) is 12.3. The average Bonchev–Trinajstić information content (AvgIpc) is 2.35. The van der Waals surface area contributed by atoms with E-state index in [2.05, 4.69) is 4.98 Å². The lowest BCUT2D eigenvalue weighted by Gasteiger charge is -2.25. The molecule has 0 unspecified atom stereocenters. The maximum Gasteiger partial charge on any atom is 0.406 e. The standard InChI is InChI=1S/C14H19F3N2OS/c1-4-21-12-7-11(5-6-18-12)13(20)19(8-10(2)3)9-14(15,16)17/h5-7,10H,4,8-9H2,1-3H3. The molecule has 0 N–H and O–H groups in total. The van der Waals surface area contributed by atoms with Crippen molar-refractivity contribution >= 4 is 17.7 Å². The van der Waals surface area contributed by atoms with E-state index in [4.69, 9.17) is 0 Å². The Kier molecular flexibility index (Phi) is 6.51. The van der Waals surface area contributed by atoms with Crippen LogP contribution < -0.4 is 0 Å². The highest BCUT2D eigenvalue weighted by Crippen LogP contribution is 2.21. The largest absolute Gasteiger partial charge is 0.406 e. The highest BCUT2D eigenvalue weighted by molar-refractivity contribution is 7.99. The fourth-order valence-electron chi connectivity index (χ4n) is 1.83. The number of alkyl halides is 3. The molecule has 1 heterocycles. The second kappa shape index (κ2) is 7.68. The van der Waals surface area contributed by atoms with Gasteiger partial charge in [0.15, 0.2) is 0 Å². The van der Waals surface area contributed by atoms with Gasteiger partial charge in [-0.05, 0) is 23.8 Å². The first-order valence-corrected chi connectivity index (χ1v) is 7.66. The van der Waals surface area contributed by atoms with Crippen molar-refractivity contribution in [3.63, 3.8) is 0 Å². The summed E-state index contributed by atoms with van der Waals surface area (Å²) in [5.41, 5.74) is 0.242. The molecule has 0 atom stereocenters. The third-order valence-electron chi connectivity index (χ3n) is 2.52. The van der Waals surface area contributed by atoms with Gasteiger partial charge >= 0.3 is 6.18 Å². The summed E-state index contributed by atoms with van der Waals surface area (Å²) < 4.78 is 37.9. The van der Waals surface area contributed by atoms with Gasteiger partial charge in [0.05, 0.1) is 5.03 Å². The molecule has 1 aromatic heterocycles. The summed E-state index contributed by atoms with van der Waals surface area (Å²) in [4.78, 5) is 17.2. The van der Waals surface area contributed by atoms with Gasteiger partial charge in [-0.1, -0.05) is 20.8 Å². The highest BCUT2D eigenvalue weighted by Gasteiger charge is 2.33. The molecule has 1 rings (SSSR count). The highest BCUT2D eigenvalue weighted by atomic mass is 32.2. The van der Waals surface area contributed by atoms with Crippen molar-refractivity contribution in [2.24, 2.45) is 5.92 Å². The summed E-state index contributed by atoms with van der Waals surface area (Å²) in [6, 6.07) is 2.99. The van der Waals surface area contributed by atoms with Crippen LogP contribution in [0.25, 0.3) is 0 Å². The minimum atomic E-state index is -4.40. The van der Waals surface area contributed by atoms with E-state index in [1.54, 1.807) is 19.9 Å². The van der Waals surface area contributed by atoms with Crippen LogP contribution in [0.1, 0.15) is 31.1 Å². The maximum absolute atomic E-state index is 12.6. The summed E-state index contributed by atoms with van der Waals surface area (Å²) in [5, 5.41) is 0.639. The first-order chi connectivity index (χ1) is 9.73. The van der Waals surface area contributed by atoms with Crippen LogP contribution in [0.3, 0.4) is 0 Å². The van der Waals surface area contributed by atoms with E-state index in [1.807, 2.05) is 6.92 Å². The average molecular weight is 320 g/mol. The predicted octanol–water partition coefficient (Wildman–Crippen LogP) is 3.85. The first kappa shape index (κ1) is 17.8. The number of nitrogens with zero attached hydrogens (tertiary/aromatic N) is 2. The second-order valence-electron chi connectivity index (χ2n) is 5.01. The Morgan fingerprint density at radius 2 is 2.10 bits per heavy atom. The molecule has 0 aromatic carbocycles. The number of thioether (sulfide) groups is 1. The zero-order chi connectivity index (χ0) is 16.0. The lowest BCUT2D eigenvalue weighted by Crippen LogP contribution is -2.41. The van der Waals surface area contributed by atoms with Gasteiger partial charge in [0.25, 0.3) is 5.91 Å². The molecule has 1 aromatic rings. The molecule has 0 aliphatic carbocycles. The number of hydrogen-bond acceptors (Lipinski definition) is 3. The molecule has 3 nitrogen and oxygen atoms in total. The molecule has 0 bridgehead atoms. The van der Waals surface area contributed by atoms with Crippen LogP contribution in [-0.4, -0.2) is 40.8 Å². The smallest absolute Gasteiger partial charge is 0.329 e. The fraction of sp³-hybridized carbons (Fsp3) is 0.571. The monoisotopic (exact) mass is 320 g/mol. The van der Waals surface area contributed by atoms with Crippen molar-refractivity contribution in [3.8, 4) is 0 Å². The van der Waals surface area contributed by atoms with Crippen molar-refractivity contribution in [1.29, 1.82) is 0 Å². The third kappa shape index (κ3) is 6.37. The van der Waals surface area contributed by atoms with E-state index in [0.29, 0.717) is 5.03 Å². The Balaban J connectivity index is 2.95. The molecular formula is C14H19F3N2OS. The van der Waals surface area contributed by atoms with E-state index < -0.39 is 18.6 Å². The summed E-state index contributed by atoms with van der Waals surface area (Å²) >= 11 is 1.44. The van der Waals surface area contributed by atoms with Gasteiger partial charge in [0.2, 0.25) is 0 Å². The molecule has 1 amide bonds. The number of hydrogen-bond donors (Lipinski definition) is 0. The number of carbonyl (C=O) groups excluding carboxylic acids is 1. The van der Waals surface area contributed by atoms with Gasteiger partial charge in [-0.3, -0.25) is 4.79 Å². The van der Waals surface area contributed by atoms with E-state index >= 15 is 0 Å². The molecule has 7 heteroatoms. The Morgan fingerprint density at radius 1 is 1.43 bits per heavy atom. The predicted molar refractivity (Wildman–Crippen MR) is 77.4 cm³/mol. The lowest BCUT2D eigenvalue weighted by atomic mass is 10.1. The molecule has 0 saturated carbocycles. The number of rotatable bonds is 6. The van der Waals surface area contributed by atoms with Crippen LogP contribution in [0, 0.1) is 5.92 Å². The van der Waals surface area contributed by atoms with Crippen LogP contribution in [0.15, 0.2) is 23.4 Å². The van der Waals surface area contributed by atoms with Crippen LogP contribution >= 0.6 is 11.8 Å². The van der Waals surface area contributed by atoms with Gasteiger partial charge in [-0.2, -0.15) is 13.2 Å². The van der Waals surface area contributed by atoms with Gasteiger partial charge < -0.3 is 4.90 Å². The molecule has 118 valence electrons. The summed E-state index contributed by atoms with van der Waals surface area (Å²) in [6.45, 7) is 4.33. The van der Waals surface area contributed by atoms with Gasteiger partial charge in [-0.15, -0.1) is 11.8 Å². The van der Waals surface area contributed by atoms with Crippen LogP contribution in [-0.2, 0) is 0 Å². The molecule has 0 aliphatic heterocycles. The molecule has 0 radical (unpaired) electrons. The van der Waals surface area contributed by atoms with E-state index in [1.165, 1.54) is 24.0 Å². The SMILES string of the molecule is CCSc1cc(C(=O)N(CC(C)C)CC(F)(F)F)ccn1. The number of amides is 1. The molecule has 0 saturated heterocycles. The minimum absolute atomic E-state index is 0.0392. The normalized spacial score (nSPS) is 11.8. The molecular weight excluding hydrogens is 301 g/mol. The van der Waals surface area contributed by atoms with Crippen LogP contribution in [0.2, 0.25) is 0 Å². The number of halogens is 3. The summed E-state index contributed by atoms with van der Waals surface area (Å²) in [7, 11) is 0. The third-order valence-corrected chi connectivity index (χ3v) is 3.32. The molecule has 21 heavy (non-hydrogen) atoms. The lowest BCUT2D eigenvalue weighted by molar-refractivity contribution is -0.141. The van der Waals surface area contributed by atoms with Gasteiger partial charge in [-0.25, -0.2) is 4.98 Å². The second-order valence-corrected chi connectivity index (χ2v) is 6.29. The van der Waals surface area contributed by atoms with E-state index in [-0.39, 0.29) is 18.0 Å². The molecule has 0 aliphatic rings. The van der Waals surface area contributed by atoms with E-state index in [0.717, 1.165) is 10.7 Å². The zero-order valence-corrected chi connectivity index (χ0v) is 13.1. The molecule has 0 spiro atoms. The number of carbonyl (C=O) groups is 1. The maximum atomic E-state index is 12.6. The van der Waals surface area contributed by atoms with Gasteiger partial charge in [0.1, 0.15) is 6.54 Å². The van der Waals surface area contributed by atoms with Crippen molar-refractivity contribution in [3.05, 3.63) is 23.9 Å². The topological polar surface area (TPSA) is 33.2 Å². The number of pyridine rings is 1. The fourth-order valence-corrected chi connectivity index (χ4v) is 2.47. The quantitative estimate of drug-likeness (QED) is 0.746. The number of aromatic nitrogens is 1. The van der Waals surface area contributed by atoms with Crippen molar-refractivity contribution in [2.45, 2.75) is 32.0 Å². The first-order valence-electron chi connectivity index (χ1n) is 6.67. The Labute approximate surface area is 126 Å². The van der Waals surface area contributed by atoms with Crippen molar-refractivity contribution in [1.82, 2.24) is 9.88 Å². The Bertz CT molecular complexity index is 478. The van der Waals surface area contributed by atoms with Crippen molar-refractivity contribution in [2.75, 3.05) is 18.8 Å². The van der Waals surface area contributed by atoms with Crippen molar-refractivity contribution < 1.29 is 18.0 Å². The summed E-state index contributed by atoms with van der Waals surface area (Å²) in [5.74, 6) is 0.132. The summed E-state index contributed by atoms with van der Waals surface area (Å²) in [6.07, 6.45) is -2.95. The van der Waals surface area contributed by atoms with E-state index in [9.17, 15) is 18.0 Å².